The van der Waals surface area contributed by atoms with Crippen molar-refractivity contribution in [3.8, 4) is 0 Å². The van der Waals surface area contributed by atoms with Crippen LogP contribution in [0.25, 0.3) is 11.0 Å². The van der Waals surface area contributed by atoms with Crippen LogP contribution in [-0.2, 0) is 0 Å². The number of nitrogens with zero attached hydrogens (tertiary/aromatic N) is 1. The second-order valence-corrected chi connectivity index (χ2v) is 5.58. The smallest absolute Gasteiger partial charge is 0.134 e. The van der Waals surface area contributed by atoms with E-state index < -0.39 is 0 Å². The van der Waals surface area contributed by atoms with Crippen LogP contribution in [0.3, 0.4) is 0 Å². The number of rotatable bonds is 3. The molecular formula is C16H22N2O. The van der Waals surface area contributed by atoms with Crippen LogP contribution in [0.2, 0.25) is 0 Å². The molecule has 0 aliphatic carbocycles. The molecule has 1 aromatic carbocycles. The maximum absolute atomic E-state index is 5.97. The Labute approximate surface area is 114 Å². The fourth-order valence-electron chi connectivity index (χ4n) is 2.96. The topological polar surface area (TPSA) is 42.4 Å². The molecule has 3 nitrogen and oxygen atoms in total. The van der Waals surface area contributed by atoms with Crippen LogP contribution in [0, 0.1) is 5.92 Å². The molecule has 19 heavy (non-hydrogen) atoms. The zero-order chi connectivity index (χ0) is 13.2. The molecule has 1 fully saturated rings. The normalized spacial score (nSPS) is 19.9. The van der Waals surface area contributed by atoms with Gasteiger partial charge in [-0.05, 0) is 57.5 Å². The van der Waals surface area contributed by atoms with Crippen LogP contribution in [0.5, 0.6) is 0 Å². The summed E-state index contributed by atoms with van der Waals surface area (Å²) < 4.78 is 5.97. The lowest BCUT2D eigenvalue weighted by atomic mass is 9.96. The van der Waals surface area contributed by atoms with Crippen molar-refractivity contribution in [1.29, 1.82) is 0 Å². The summed E-state index contributed by atoms with van der Waals surface area (Å²) in [6.07, 6.45) is 2.42. The predicted octanol–water partition coefficient (Wildman–Crippen LogP) is 3.16. The van der Waals surface area contributed by atoms with Crippen molar-refractivity contribution in [2.24, 2.45) is 11.7 Å². The van der Waals surface area contributed by atoms with E-state index in [0.717, 1.165) is 31.0 Å². The van der Waals surface area contributed by atoms with Crippen LogP contribution < -0.4 is 5.73 Å². The van der Waals surface area contributed by atoms with Crippen molar-refractivity contribution < 1.29 is 4.42 Å². The average Bonchev–Trinajstić information content (AvgIpc) is 2.90. The Morgan fingerprint density at radius 1 is 1.32 bits per heavy atom. The highest BCUT2D eigenvalue weighted by Crippen LogP contribution is 2.30. The third-order valence-corrected chi connectivity index (χ3v) is 4.39. The molecule has 1 aromatic heterocycles. The minimum absolute atomic E-state index is 0.353. The molecule has 1 aliphatic heterocycles. The third kappa shape index (κ3) is 2.53. The molecule has 0 amide bonds. The molecule has 0 spiro atoms. The molecular weight excluding hydrogens is 236 g/mol. The number of hydrogen-bond acceptors (Lipinski definition) is 3. The van der Waals surface area contributed by atoms with E-state index in [4.69, 9.17) is 10.2 Å². The van der Waals surface area contributed by atoms with Gasteiger partial charge in [0.05, 0.1) is 6.04 Å². The number of likely N-dealkylation sites (tertiary alicyclic amines) is 1. The highest BCUT2D eigenvalue weighted by Gasteiger charge is 2.24. The maximum Gasteiger partial charge on any atom is 0.134 e. The van der Waals surface area contributed by atoms with E-state index in [0.29, 0.717) is 12.0 Å². The molecule has 1 unspecified atom stereocenters. The number of hydrogen-bond donors (Lipinski definition) is 1. The van der Waals surface area contributed by atoms with Gasteiger partial charge in [0.1, 0.15) is 11.3 Å². The molecule has 102 valence electrons. The van der Waals surface area contributed by atoms with Crippen LogP contribution >= 0.6 is 0 Å². The van der Waals surface area contributed by atoms with Crippen molar-refractivity contribution in [3.05, 3.63) is 36.1 Å². The number of furan rings is 1. The summed E-state index contributed by atoms with van der Waals surface area (Å²) in [5.74, 6) is 1.78. The van der Waals surface area contributed by atoms with E-state index >= 15 is 0 Å². The van der Waals surface area contributed by atoms with Gasteiger partial charge in [0.25, 0.3) is 0 Å². The lowest BCUT2D eigenvalue weighted by Crippen LogP contribution is -2.37. The van der Waals surface area contributed by atoms with E-state index in [2.05, 4.69) is 30.0 Å². The number of benzene rings is 1. The van der Waals surface area contributed by atoms with Gasteiger partial charge in [0, 0.05) is 5.39 Å². The fourth-order valence-corrected chi connectivity index (χ4v) is 2.96. The first kappa shape index (κ1) is 12.7. The van der Waals surface area contributed by atoms with Crippen LogP contribution in [0.4, 0.5) is 0 Å². The fraction of sp³-hybridized carbons (Fsp3) is 0.500. The lowest BCUT2D eigenvalue weighted by molar-refractivity contribution is 0.131. The Balaban J connectivity index is 1.74. The minimum Gasteiger partial charge on any atom is -0.459 e. The van der Waals surface area contributed by atoms with Crippen LogP contribution in [0.15, 0.2) is 34.7 Å². The SMILES string of the molecule is CC(c1cc2ccccc2o1)N1CCC(CN)CC1. The van der Waals surface area contributed by atoms with E-state index in [1.165, 1.54) is 18.2 Å². The highest BCUT2D eigenvalue weighted by molar-refractivity contribution is 5.77. The van der Waals surface area contributed by atoms with Crippen molar-refractivity contribution in [2.45, 2.75) is 25.8 Å². The summed E-state index contributed by atoms with van der Waals surface area (Å²) in [6.45, 7) is 5.31. The summed E-state index contributed by atoms with van der Waals surface area (Å²) in [5, 5.41) is 1.20. The first-order valence-corrected chi connectivity index (χ1v) is 7.20. The number of nitrogens with two attached hydrogens (primary N) is 1. The number of fused-ring (bicyclic) bond motifs is 1. The van der Waals surface area contributed by atoms with E-state index in [-0.39, 0.29) is 0 Å². The van der Waals surface area contributed by atoms with Crippen molar-refractivity contribution >= 4 is 11.0 Å². The van der Waals surface area contributed by atoms with Gasteiger partial charge in [-0.3, -0.25) is 4.90 Å². The highest BCUT2D eigenvalue weighted by atomic mass is 16.3. The quantitative estimate of drug-likeness (QED) is 0.919. The van der Waals surface area contributed by atoms with Crippen molar-refractivity contribution in [2.75, 3.05) is 19.6 Å². The van der Waals surface area contributed by atoms with Gasteiger partial charge >= 0.3 is 0 Å². The molecule has 0 saturated carbocycles. The molecule has 2 heterocycles. The Bertz CT molecular complexity index is 507. The summed E-state index contributed by atoms with van der Waals surface area (Å²) in [5.41, 5.74) is 6.74. The standard InChI is InChI=1S/C16H22N2O/c1-12(18-8-6-13(11-17)7-9-18)16-10-14-4-2-3-5-15(14)19-16/h2-5,10,12-13H,6-9,11,17H2,1H3. The number of piperidine rings is 1. The molecule has 3 rings (SSSR count). The summed E-state index contributed by atoms with van der Waals surface area (Å²) in [7, 11) is 0. The molecule has 2 aromatic rings. The molecule has 1 atom stereocenters. The van der Waals surface area contributed by atoms with Gasteiger partial charge in [0.2, 0.25) is 0 Å². The molecule has 3 heteroatoms. The van der Waals surface area contributed by atoms with E-state index in [1.807, 2.05) is 12.1 Å². The second kappa shape index (κ2) is 5.35. The average molecular weight is 258 g/mol. The number of para-hydroxylation sites is 1. The van der Waals surface area contributed by atoms with Crippen molar-refractivity contribution in [1.82, 2.24) is 4.90 Å². The molecule has 2 N–H and O–H groups in total. The third-order valence-electron chi connectivity index (χ3n) is 4.39. The van der Waals surface area contributed by atoms with E-state index in [9.17, 15) is 0 Å². The van der Waals surface area contributed by atoms with Crippen molar-refractivity contribution in [3.63, 3.8) is 0 Å². The molecule has 0 bridgehead atoms. The van der Waals surface area contributed by atoms with E-state index in [1.54, 1.807) is 0 Å². The molecule has 1 saturated heterocycles. The first-order chi connectivity index (χ1) is 9.28. The van der Waals surface area contributed by atoms with Gasteiger partial charge in [-0.15, -0.1) is 0 Å². The first-order valence-electron chi connectivity index (χ1n) is 7.20. The summed E-state index contributed by atoms with van der Waals surface area (Å²) in [4.78, 5) is 2.50. The zero-order valence-electron chi connectivity index (χ0n) is 11.5. The Morgan fingerprint density at radius 3 is 2.74 bits per heavy atom. The Kier molecular flexibility index (Phi) is 3.58. The van der Waals surface area contributed by atoms with Gasteiger partial charge in [0.15, 0.2) is 0 Å². The molecule has 1 aliphatic rings. The summed E-state index contributed by atoms with van der Waals surface area (Å²) in [6, 6.07) is 10.7. The second-order valence-electron chi connectivity index (χ2n) is 5.58. The Morgan fingerprint density at radius 2 is 2.05 bits per heavy atom. The lowest BCUT2D eigenvalue weighted by Gasteiger charge is -2.34. The Hall–Kier alpha value is -1.32. The van der Waals surface area contributed by atoms with Gasteiger partial charge < -0.3 is 10.2 Å². The zero-order valence-corrected chi connectivity index (χ0v) is 11.5. The molecule has 0 radical (unpaired) electrons. The largest absolute Gasteiger partial charge is 0.459 e. The van der Waals surface area contributed by atoms with Gasteiger partial charge in [-0.1, -0.05) is 18.2 Å². The minimum atomic E-state index is 0.353. The predicted molar refractivity (Wildman–Crippen MR) is 78.0 cm³/mol. The monoisotopic (exact) mass is 258 g/mol. The maximum atomic E-state index is 5.97. The van der Waals surface area contributed by atoms with Gasteiger partial charge in [-0.2, -0.15) is 0 Å². The van der Waals surface area contributed by atoms with Crippen LogP contribution in [0.1, 0.15) is 31.6 Å². The summed E-state index contributed by atoms with van der Waals surface area (Å²) >= 11 is 0. The van der Waals surface area contributed by atoms with Gasteiger partial charge in [-0.25, -0.2) is 0 Å². The van der Waals surface area contributed by atoms with Crippen LogP contribution in [-0.4, -0.2) is 24.5 Å².